The minimum atomic E-state index is -0.171. The van der Waals surface area contributed by atoms with E-state index in [1.54, 1.807) is 0 Å². The van der Waals surface area contributed by atoms with Gasteiger partial charge in [0, 0.05) is 5.69 Å². The van der Waals surface area contributed by atoms with Crippen molar-refractivity contribution in [1.82, 2.24) is 0 Å². The highest BCUT2D eigenvalue weighted by Gasteiger charge is 2.24. The van der Waals surface area contributed by atoms with Gasteiger partial charge in [-0.2, -0.15) is 0 Å². The molecule has 1 saturated carbocycles. The number of anilines is 1. The van der Waals surface area contributed by atoms with Gasteiger partial charge in [0.2, 0.25) is 0 Å². The molecule has 0 aliphatic heterocycles. The summed E-state index contributed by atoms with van der Waals surface area (Å²) in [6, 6.07) is 8.73. The van der Waals surface area contributed by atoms with Gasteiger partial charge in [0.05, 0.1) is 12.1 Å². The predicted molar refractivity (Wildman–Crippen MR) is 63.1 cm³/mol. The van der Waals surface area contributed by atoms with Crippen molar-refractivity contribution in [2.24, 2.45) is 0 Å². The number of aliphatic hydroxyl groups is 1. The van der Waals surface area contributed by atoms with Crippen molar-refractivity contribution >= 4 is 5.69 Å². The Balaban J connectivity index is 1.98. The summed E-state index contributed by atoms with van der Waals surface area (Å²) in [4.78, 5) is 0. The van der Waals surface area contributed by atoms with Crippen molar-refractivity contribution in [2.75, 3.05) is 5.32 Å². The molecule has 0 aromatic heterocycles. The molecule has 2 N–H and O–H groups in total. The molecule has 0 bridgehead atoms. The van der Waals surface area contributed by atoms with Crippen LogP contribution < -0.4 is 5.32 Å². The van der Waals surface area contributed by atoms with Crippen LogP contribution in [0.1, 0.15) is 31.7 Å². The molecule has 1 aliphatic carbocycles. The number of benzene rings is 1. The third-order valence-electron chi connectivity index (χ3n) is 3.19. The van der Waals surface area contributed by atoms with Gasteiger partial charge in [0.1, 0.15) is 0 Å². The zero-order chi connectivity index (χ0) is 10.7. The summed E-state index contributed by atoms with van der Waals surface area (Å²) < 4.78 is 0. The largest absolute Gasteiger partial charge is 0.391 e. The first-order valence-corrected chi connectivity index (χ1v) is 5.83. The molecule has 0 radical (unpaired) electrons. The van der Waals surface area contributed by atoms with Crippen molar-refractivity contribution in [3.63, 3.8) is 0 Å². The summed E-state index contributed by atoms with van der Waals surface area (Å²) in [6.45, 7) is 2.16. The minimum absolute atomic E-state index is 0.171. The topological polar surface area (TPSA) is 32.3 Å². The number of hydrogen-bond acceptors (Lipinski definition) is 2. The van der Waals surface area contributed by atoms with Crippen LogP contribution in [0.2, 0.25) is 0 Å². The van der Waals surface area contributed by atoms with Crippen LogP contribution in [0.25, 0.3) is 0 Å². The molecule has 82 valence electrons. The van der Waals surface area contributed by atoms with E-state index < -0.39 is 0 Å². The number of nitrogens with one attached hydrogen (secondary N) is 1. The smallest absolute Gasteiger partial charge is 0.0741 e. The summed E-state index contributed by atoms with van der Waals surface area (Å²) in [6.07, 6.45) is 4.05. The molecule has 0 unspecified atom stereocenters. The van der Waals surface area contributed by atoms with E-state index in [1.807, 2.05) is 0 Å². The fraction of sp³-hybridized carbons (Fsp3) is 0.538. The first-order valence-electron chi connectivity index (χ1n) is 5.83. The normalized spacial score (nSPS) is 25.5. The Kier molecular flexibility index (Phi) is 3.27. The van der Waals surface area contributed by atoms with Crippen molar-refractivity contribution in [1.29, 1.82) is 0 Å². The fourth-order valence-corrected chi connectivity index (χ4v) is 2.16. The number of aliphatic hydroxyl groups excluding tert-OH is 1. The van der Waals surface area contributed by atoms with Crippen LogP contribution in [0.15, 0.2) is 24.3 Å². The van der Waals surface area contributed by atoms with Crippen LogP contribution in [0, 0.1) is 0 Å². The highest BCUT2D eigenvalue weighted by molar-refractivity contribution is 5.45. The maximum atomic E-state index is 9.69. The van der Waals surface area contributed by atoms with Crippen molar-refractivity contribution in [2.45, 2.75) is 44.8 Å². The Morgan fingerprint density at radius 3 is 2.53 bits per heavy atom. The molecule has 0 spiro atoms. The molecule has 1 aromatic rings. The van der Waals surface area contributed by atoms with Gasteiger partial charge in [-0.05, 0) is 43.4 Å². The molecule has 0 amide bonds. The van der Waals surface area contributed by atoms with E-state index in [0.717, 1.165) is 31.4 Å². The second kappa shape index (κ2) is 4.67. The van der Waals surface area contributed by atoms with E-state index in [-0.39, 0.29) is 12.1 Å². The SMILES string of the molecule is CCc1ccc(N[C@@H]2CCC[C@H]2O)cc1. The Hall–Kier alpha value is -1.02. The lowest BCUT2D eigenvalue weighted by Crippen LogP contribution is -2.27. The molecule has 0 saturated heterocycles. The van der Waals surface area contributed by atoms with Gasteiger partial charge in [-0.3, -0.25) is 0 Å². The average molecular weight is 205 g/mol. The fourth-order valence-electron chi connectivity index (χ4n) is 2.16. The average Bonchev–Trinajstić information content (AvgIpc) is 2.66. The first kappa shape index (κ1) is 10.5. The Morgan fingerprint density at radius 1 is 1.27 bits per heavy atom. The highest BCUT2D eigenvalue weighted by Crippen LogP contribution is 2.23. The lowest BCUT2D eigenvalue weighted by atomic mass is 10.1. The predicted octanol–water partition coefficient (Wildman–Crippen LogP) is 2.57. The van der Waals surface area contributed by atoms with Crippen LogP contribution >= 0.6 is 0 Å². The second-order valence-electron chi connectivity index (χ2n) is 4.30. The zero-order valence-corrected chi connectivity index (χ0v) is 9.24. The Labute approximate surface area is 91.3 Å². The molecule has 1 aromatic carbocycles. The van der Waals surface area contributed by atoms with Crippen LogP contribution in [-0.2, 0) is 6.42 Å². The lowest BCUT2D eigenvalue weighted by Gasteiger charge is -2.17. The quantitative estimate of drug-likeness (QED) is 0.795. The third-order valence-corrected chi connectivity index (χ3v) is 3.19. The van der Waals surface area contributed by atoms with Gasteiger partial charge in [-0.15, -0.1) is 0 Å². The number of hydrogen-bond donors (Lipinski definition) is 2. The first-order chi connectivity index (χ1) is 7.29. The molecule has 1 aliphatic rings. The van der Waals surface area contributed by atoms with Crippen LogP contribution in [-0.4, -0.2) is 17.3 Å². The standard InChI is InChI=1S/C13H19NO/c1-2-10-6-8-11(9-7-10)14-12-4-3-5-13(12)15/h6-9,12-15H,2-5H2,1H3/t12-,13-/m1/s1. The Bertz CT molecular complexity index is 307. The van der Waals surface area contributed by atoms with Crippen molar-refractivity contribution in [3.8, 4) is 0 Å². The summed E-state index contributed by atoms with van der Waals surface area (Å²) >= 11 is 0. The third kappa shape index (κ3) is 2.51. The molecular formula is C13H19NO. The van der Waals surface area contributed by atoms with Gasteiger partial charge in [0.25, 0.3) is 0 Å². The molecule has 1 fully saturated rings. The summed E-state index contributed by atoms with van der Waals surface area (Å²) in [7, 11) is 0. The summed E-state index contributed by atoms with van der Waals surface area (Å²) in [5, 5.41) is 13.1. The van der Waals surface area contributed by atoms with Crippen LogP contribution in [0.5, 0.6) is 0 Å². The van der Waals surface area contributed by atoms with Crippen LogP contribution in [0.4, 0.5) is 5.69 Å². The van der Waals surface area contributed by atoms with E-state index in [2.05, 4.69) is 36.5 Å². The van der Waals surface area contributed by atoms with Gasteiger partial charge in [-0.25, -0.2) is 0 Å². The maximum absolute atomic E-state index is 9.69. The van der Waals surface area contributed by atoms with E-state index in [0.29, 0.717) is 0 Å². The van der Waals surface area contributed by atoms with Gasteiger partial charge in [-0.1, -0.05) is 19.1 Å². The van der Waals surface area contributed by atoms with Crippen LogP contribution in [0.3, 0.4) is 0 Å². The van der Waals surface area contributed by atoms with E-state index in [4.69, 9.17) is 0 Å². The zero-order valence-electron chi connectivity index (χ0n) is 9.24. The molecule has 2 atom stereocenters. The Morgan fingerprint density at radius 2 is 2.00 bits per heavy atom. The van der Waals surface area contributed by atoms with E-state index in [1.165, 1.54) is 5.56 Å². The van der Waals surface area contributed by atoms with Gasteiger partial charge >= 0.3 is 0 Å². The molecule has 2 nitrogen and oxygen atoms in total. The second-order valence-corrected chi connectivity index (χ2v) is 4.30. The summed E-state index contributed by atoms with van der Waals surface area (Å²) in [5.74, 6) is 0. The van der Waals surface area contributed by atoms with Gasteiger partial charge < -0.3 is 10.4 Å². The molecule has 0 heterocycles. The molecule has 2 rings (SSSR count). The molecular weight excluding hydrogens is 186 g/mol. The minimum Gasteiger partial charge on any atom is -0.391 e. The lowest BCUT2D eigenvalue weighted by molar-refractivity contribution is 0.172. The van der Waals surface area contributed by atoms with Crippen molar-refractivity contribution in [3.05, 3.63) is 29.8 Å². The highest BCUT2D eigenvalue weighted by atomic mass is 16.3. The monoisotopic (exact) mass is 205 g/mol. The maximum Gasteiger partial charge on any atom is 0.0741 e. The van der Waals surface area contributed by atoms with E-state index in [9.17, 15) is 5.11 Å². The molecule has 2 heteroatoms. The number of rotatable bonds is 3. The summed E-state index contributed by atoms with van der Waals surface area (Å²) in [5.41, 5.74) is 2.48. The van der Waals surface area contributed by atoms with Gasteiger partial charge in [0.15, 0.2) is 0 Å². The van der Waals surface area contributed by atoms with Crippen molar-refractivity contribution < 1.29 is 5.11 Å². The number of aryl methyl sites for hydroxylation is 1. The molecule has 15 heavy (non-hydrogen) atoms. The van der Waals surface area contributed by atoms with E-state index >= 15 is 0 Å².